The minimum absolute atomic E-state index is 0.340. The largest absolute Gasteiger partial charge is 0.478 e. The molecule has 0 aromatic heterocycles. The van der Waals surface area contributed by atoms with Gasteiger partial charge in [0.15, 0.2) is 0 Å². The van der Waals surface area contributed by atoms with Crippen LogP contribution in [0.4, 0.5) is 3.89 Å². The fourth-order valence-electron chi connectivity index (χ4n) is 0.865. The van der Waals surface area contributed by atoms with Gasteiger partial charge in [0.1, 0.15) is 4.90 Å². The first kappa shape index (κ1) is 12.2. The van der Waals surface area contributed by atoms with E-state index in [4.69, 9.17) is 28.3 Å². The summed E-state index contributed by atoms with van der Waals surface area (Å²) in [6.07, 6.45) is 0. The maximum absolute atomic E-state index is 12.6. The summed E-state index contributed by atoms with van der Waals surface area (Å²) in [5, 5.41) is 7.69. The zero-order valence-electron chi connectivity index (χ0n) is 6.87. The van der Waals surface area contributed by atoms with Gasteiger partial charge in [0.05, 0.1) is 15.6 Å². The molecule has 1 aromatic rings. The van der Waals surface area contributed by atoms with Crippen molar-refractivity contribution in [1.82, 2.24) is 0 Å². The smallest absolute Gasteiger partial charge is 0.335 e. The lowest BCUT2D eigenvalue weighted by molar-refractivity contribution is 0.0696. The monoisotopic (exact) mass is 272 g/mol. The van der Waals surface area contributed by atoms with Crippen LogP contribution in [-0.2, 0) is 10.2 Å². The van der Waals surface area contributed by atoms with Gasteiger partial charge in [0.2, 0.25) is 0 Å². The van der Waals surface area contributed by atoms with E-state index in [2.05, 4.69) is 0 Å². The number of carbonyl (C=O) groups is 1. The van der Waals surface area contributed by atoms with Gasteiger partial charge in [-0.25, -0.2) is 4.79 Å². The highest BCUT2D eigenvalue weighted by atomic mass is 35.5. The summed E-state index contributed by atoms with van der Waals surface area (Å²) in [6.45, 7) is 0. The van der Waals surface area contributed by atoms with Crippen LogP contribution in [0, 0.1) is 0 Å². The molecule has 0 unspecified atom stereocenters. The van der Waals surface area contributed by atoms with Crippen LogP contribution in [0.1, 0.15) is 10.4 Å². The van der Waals surface area contributed by atoms with Crippen molar-refractivity contribution in [2.45, 2.75) is 4.90 Å². The molecule has 8 heteroatoms. The van der Waals surface area contributed by atoms with Crippen molar-refractivity contribution in [3.8, 4) is 0 Å². The Balaban J connectivity index is 3.59. The highest BCUT2D eigenvalue weighted by Crippen LogP contribution is 2.31. The number of aromatic carboxylic acids is 1. The van der Waals surface area contributed by atoms with Gasteiger partial charge in [0.25, 0.3) is 0 Å². The summed E-state index contributed by atoms with van der Waals surface area (Å²) in [6, 6.07) is 1.53. The third-order valence-electron chi connectivity index (χ3n) is 1.50. The molecule has 4 nitrogen and oxygen atoms in total. The molecule has 0 bridgehead atoms. The number of rotatable bonds is 2. The van der Waals surface area contributed by atoms with E-state index in [9.17, 15) is 17.1 Å². The second kappa shape index (κ2) is 3.96. The molecular formula is C7H3Cl2FO4S. The molecule has 0 saturated carbocycles. The normalized spacial score (nSPS) is 11.4. The summed E-state index contributed by atoms with van der Waals surface area (Å²) >= 11 is 10.9. The van der Waals surface area contributed by atoms with Crippen LogP contribution in [0.3, 0.4) is 0 Å². The molecule has 0 fully saturated rings. The number of benzene rings is 1. The Hall–Kier alpha value is -0.850. The van der Waals surface area contributed by atoms with E-state index in [-0.39, 0.29) is 5.02 Å². The Morgan fingerprint density at radius 2 is 1.87 bits per heavy atom. The highest BCUT2D eigenvalue weighted by molar-refractivity contribution is 7.86. The van der Waals surface area contributed by atoms with Gasteiger partial charge in [-0.15, -0.1) is 3.89 Å². The predicted molar refractivity (Wildman–Crippen MR) is 51.7 cm³/mol. The lowest BCUT2D eigenvalue weighted by atomic mass is 10.2. The molecule has 0 spiro atoms. The van der Waals surface area contributed by atoms with Crippen molar-refractivity contribution in [3.05, 3.63) is 27.7 Å². The van der Waals surface area contributed by atoms with Crippen molar-refractivity contribution >= 4 is 39.4 Å². The molecule has 0 aliphatic rings. The summed E-state index contributed by atoms with van der Waals surface area (Å²) in [5.74, 6) is -1.43. The quantitative estimate of drug-likeness (QED) is 0.839. The SMILES string of the molecule is O=C(O)c1cc(Cl)c(Cl)c(S(=O)(=O)F)c1. The minimum Gasteiger partial charge on any atom is -0.478 e. The van der Waals surface area contributed by atoms with Gasteiger partial charge in [-0.3, -0.25) is 0 Å². The van der Waals surface area contributed by atoms with Crippen molar-refractivity contribution in [1.29, 1.82) is 0 Å². The Labute approximate surface area is 94.4 Å². The van der Waals surface area contributed by atoms with E-state index >= 15 is 0 Å². The van der Waals surface area contributed by atoms with Gasteiger partial charge in [0, 0.05) is 0 Å². The van der Waals surface area contributed by atoms with Crippen LogP contribution in [-0.4, -0.2) is 19.5 Å². The predicted octanol–water partition coefficient (Wildman–Crippen LogP) is 2.35. The first-order valence-corrected chi connectivity index (χ1v) is 5.54. The molecular weight excluding hydrogens is 270 g/mol. The molecule has 1 rings (SSSR count). The third kappa shape index (κ3) is 2.58. The van der Waals surface area contributed by atoms with Crippen molar-refractivity contribution < 1.29 is 22.2 Å². The van der Waals surface area contributed by atoms with Crippen molar-refractivity contribution in [2.24, 2.45) is 0 Å². The Kier molecular flexibility index (Phi) is 3.22. The van der Waals surface area contributed by atoms with Crippen LogP contribution >= 0.6 is 23.2 Å². The van der Waals surface area contributed by atoms with Gasteiger partial charge < -0.3 is 5.11 Å². The fraction of sp³-hybridized carbons (Fsp3) is 0. The summed E-state index contributed by atoms with van der Waals surface area (Å²) in [4.78, 5) is 9.57. The number of hydrogen-bond donors (Lipinski definition) is 1. The minimum atomic E-state index is -5.09. The molecule has 82 valence electrons. The van der Waals surface area contributed by atoms with E-state index in [0.29, 0.717) is 6.07 Å². The van der Waals surface area contributed by atoms with E-state index < -0.39 is 31.7 Å². The summed E-state index contributed by atoms with van der Waals surface area (Å²) in [5.41, 5.74) is -0.458. The van der Waals surface area contributed by atoms with Gasteiger partial charge in [-0.1, -0.05) is 23.2 Å². The second-order valence-electron chi connectivity index (χ2n) is 2.51. The molecule has 0 saturated heterocycles. The molecule has 0 atom stereocenters. The second-order valence-corrected chi connectivity index (χ2v) is 4.61. The number of carboxylic acid groups (broad SMARTS) is 1. The number of carboxylic acids is 1. The van der Waals surface area contributed by atoms with Crippen LogP contribution < -0.4 is 0 Å². The van der Waals surface area contributed by atoms with E-state index in [1.165, 1.54) is 0 Å². The molecule has 0 heterocycles. The van der Waals surface area contributed by atoms with Crippen molar-refractivity contribution in [2.75, 3.05) is 0 Å². The van der Waals surface area contributed by atoms with Gasteiger partial charge in [-0.05, 0) is 12.1 Å². The Morgan fingerprint density at radius 1 is 1.33 bits per heavy atom. The summed E-state index contributed by atoms with van der Waals surface area (Å²) in [7, 11) is -5.09. The molecule has 0 amide bonds. The van der Waals surface area contributed by atoms with Crippen LogP contribution in [0.25, 0.3) is 0 Å². The van der Waals surface area contributed by atoms with Crippen LogP contribution in [0.2, 0.25) is 10.0 Å². The topological polar surface area (TPSA) is 71.4 Å². The van der Waals surface area contributed by atoms with Crippen LogP contribution in [0.5, 0.6) is 0 Å². The lowest BCUT2D eigenvalue weighted by Gasteiger charge is -2.03. The van der Waals surface area contributed by atoms with Gasteiger partial charge in [-0.2, -0.15) is 8.42 Å². The first-order valence-electron chi connectivity index (χ1n) is 3.40. The number of hydrogen-bond acceptors (Lipinski definition) is 3. The van der Waals surface area contributed by atoms with Crippen molar-refractivity contribution in [3.63, 3.8) is 0 Å². The zero-order chi connectivity index (χ0) is 11.8. The Bertz CT molecular complexity index is 526. The average Bonchev–Trinajstić information content (AvgIpc) is 2.06. The maximum atomic E-state index is 12.6. The molecule has 1 aromatic carbocycles. The molecule has 15 heavy (non-hydrogen) atoms. The molecule has 1 N–H and O–H groups in total. The molecule has 0 radical (unpaired) electrons. The maximum Gasteiger partial charge on any atom is 0.335 e. The first-order chi connectivity index (χ1) is 6.73. The third-order valence-corrected chi connectivity index (χ3v) is 3.27. The Morgan fingerprint density at radius 3 is 2.27 bits per heavy atom. The lowest BCUT2D eigenvalue weighted by Crippen LogP contribution is -2.01. The van der Waals surface area contributed by atoms with Gasteiger partial charge >= 0.3 is 16.2 Å². The standard InChI is InChI=1S/C7H3Cl2FO4S/c8-4-1-3(7(11)12)2-5(6(4)9)15(10,13)14/h1-2H,(H,11,12). The van der Waals surface area contributed by atoms with E-state index in [1.807, 2.05) is 0 Å². The summed E-state index contributed by atoms with van der Waals surface area (Å²) < 4.78 is 33.8. The number of halogens is 3. The highest BCUT2D eigenvalue weighted by Gasteiger charge is 2.21. The van der Waals surface area contributed by atoms with E-state index in [0.717, 1.165) is 6.07 Å². The zero-order valence-corrected chi connectivity index (χ0v) is 9.20. The fourth-order valence-corrected chi connectivity index (χ4v) is 2.12. The van der Waals surface area contributed by atoms with Crippen LogP contribution in [0.15, 0.2) is 17.0 Å². The molecule has 0 aliphatic carbocycles. The molecule has 0 aliphatic heterocycles. The van der Waals surface area contributed by atoms with E-state index in [1.54, 1.807) is 0 Å². The average molecular weight is 273 g/mol.